The molecule has 0 saturated carbocycles. The molecule has 0 aliphatic rings. The average molecular weight is 300 g/mol. The highest BCUT2D eigenvalue weighted by molar-refractivity contribution is 7.80. The Morgan fingerprint density at radius 3 is 2.29 bits per heavy atom. The minimum atomic E-state index is 0.403. The molecule has 0 bridgehead atoms. The van der Waals surface area contributed by atoms with Gasteiger partial charge in [-0.15, -0.1) is 0 Å². The molecule has 2 aromatic carbocycles. The van der Waals surface area contributed by atoms with E-state index in [-0.39, 0.29) is 0 Å². The van der Waals surface area contributed by atoms with E-state index in [0.717, 1.165) is 17.9 Å². The number of nitrogens with two attached hydrogens (primary N) is 1. The zero-order valence-electron chi connectivity index (χ0n) is 12.4. The number of thiocarbonyl (C=S) groups is 1. The summed E-state index contributed by atoms with van der Waals surface area (Å²) >= 11 is 4.92. The van der Waals surface area contributed by atoms with E-state index < -0.39 is 0 Å². The molecule has 0 aliphatic heterocycles. The van der Waals surface area contributed by atoms with Crippen LogP contribution in [-0.2, 0) is 0 Å². The third-order valence-corrected chi connectivity index (χ3v) is 3.54. The zero-order chi connectivity index (χ0) is 15.2. The SMILES string of the molecule is Cc1ccc(N(C)CCOc2ccc(C(N)=S)cc2)cc1. The van der Waals surface area contributed by atoms with E-state index in [1.807, 2.05) is 24.3 Å². The lowest BCUT2D eigenvalue weighted by molar-refractivity contribution is 0.326. The number of hydrogen-bond acceptors (Lipinski definition) is 3. The molecule has 0 unspecified atom stereocenters. The van der Waals surface area contributed by atoms with Crippen molar-refractivity contribution < 1.29 is 4.74 Å². The van der Waals surface area contributed by atoms with Crippen LogP contribution < -0.4 is 15.4 Å². The van der Waals surface area contributed by atoms with Gasteiger partial charge in [0.25, 0.3) is 0 Å². The van der Waals surface area contributed by atoms with E-state index in [2.05, 4.69) is 43.1 Å². The number of anilines is 1. The van der Waals surface area contributed by atoms with E-state index in [0.29, 0.717) is 11.6 Å². The summed E-state index contributed by atoms with van der Waals surface area (Å²) in [6.07, 6.45) is 0. The average Bonchev–Trinajstić information content (AvgIpc) is 2.48. The first-order chi connectivity index (χ1) is 10.1. The summed E-state index contributed by atoms with van der Waals surface area (Å²) in [4.78, 5) is 2.57. The lowest BCUT2D eigenvalue weighted by Crippen LogP contribution is -2.23. The molecule has 2 rings (SSSR count). The number of likely N-dealkylation sites (N-methyl/N-ethyl adjacent to an activating group) is 1. The second-order valence-electron chi connectivity index (χ2n) is 4.99. The number of aryl methyl sites for hydroxylation is 1. The van der Waals surface area contributed by atoms with Gasteiger partial charge in [-0.1, -0.05) is 29.9 Å². The molecule has 0 fully saturated rings. The van der Waals surface area contributed by atoms with Crippen LogP contribution >= 0.6 is 12.2 Å². The van der Waals surface area contributed by atoms with Crippen LogP contribution in [0.2, 0.25) is 0 Å². The minimum Gasteiger partial charge on any atom is -0.492 e. The van der Waals surface area contributed by atoms with Crippen molar-refractivity contribution in [2.45, 2.75) is 6.92 Å². The third kappa shape index (κ3) is 4.46. The monoisotopic (exact) mass is 300 g/mol. The molecule has 4 heteroatoms. The van der Waals surface area contributed by atoms with Crippen LogP contribution in [0.1, 0.15) is 11.1 Å². The molecule has 0 spiro atoms. The van der Waals surface area contributed by atoms with E-state index in [4.69, 9.17) is 22.7 Å². The van der Waals surface area contributed by atoms with Gasteiger partial charge in [-0.2, -0.15) is 0 Å². The van der Waals surface area contributed by atoms with Crippen LogP contribution in [0, 0.1) is 6.92 Å². The standard InChI is InChI=1S/C17H20N2OS/c1-13-3-7-15(8-4-13)19(2)11-12-20-16-9-5-14(6-10-16)17(18)21/h3-10H,11-12H2,1-2H3,(H2,18,21). The Hall–Kier alpha value is -2.07. The maximum absolute atomic E-state index is 5.73. The van der Waals surface area contributed by atoms with E-state index in [1.54, 1.807) is 0 Å². The highest BCUT2D eigenvalue weighted by Crippen LogP contribution is 2.14. The Balaban J connectivity index is 1.83. The smallest absolute Gasteiger partial charge is 0.119 e. The van der Waals surface area contributed by atoms with Crippen LogP contribution in [-0.4, -0.2) is 25.2 Å². The molecule has 2 aromatic rings. The highest BCUT2D eigenvalue weighted by atomic mass is 32.1. The fraction of sp³-hybridized carbons (Fsp3) is 0.235. The molecular weight excluding hydrogens is 280 g/mol. The molecule has 0 heterocycles. The van der Waals surface area contributed by atoms with Crippen molar-refractivity contribution in [1.29, 1.82) is 0 Å². The third-order valence-electron chi connectivity index (χ3n) is 3.31. The molecule has 0 saturated heterocycles. The van der Waals surface area contributed by atoms with Crippen LogP contribution in [0.5, 0.6) is 5.75 Å². The fourth-order valence-corrected chi connectivity index (χ4v) is 2.08. The fourth-order valence-electron chi connectivity index (χ4n) is 1.94. The second kappa shape index (κ2) is 7.09. The van der Waals surface area contributed by atoms with Crippen molar-refractivity contribution in [2.75, 3.05) is 25.1 Å². The lowest BCUT2D eigenvalue weighted by atomic mass is 10.2. The lowest BCUT2D eigenvalue weighted by Gasteiger charge is -2.19. The maximum atomic E-state index is 5.73. The largest absolute Gasteiger partial charge is 0.492 e. The Kier molecular flexibility index (Phi) is 5.17. The summed E-state index contributed by atoms with van der Waals surface area (Å²) in [5.41, 5.74) is 8.87. The van der Waals surface area contributed by atoms with Crippen molar-refractivity contribution in [3.05, 3.63) is 59.7 Å². The van der Waals surface area contributed by atoms with Crippen LogP contribution in [0.15, 0.2) is 48.5 Å². The molecule has 0 aliphatic carbocycles. The van der Waals surface area contributed by atoms with E-state index in [1.165, 1.54) is 11.3 Å². The highest BCUT2D eigenvalue weighted by Gasteiger charge is 2.02. The van der Waals surface area contributed by atoms with Gasteiger partial charge in [0.05, 0.1) is 6.54 Å². The number of rotatable bonds is 6. The first-order valence-electron chi connectivity index (χ1n) is 6.87. The van der Waals surface area contributed by atoms with Gasteiger partial charge in [0.15, 0.2) is 0 Å². The van der Waals surface area contributed by atoms with Gasteiger partial charge in [-0.25, -0.2) is 0 Å². The van der Waals surface area contributed by atoms with E-state index >= 15 is 0 Å². The summed E-state index contributed by atoms with van der Waals surface area (Å²) in [5, 5.41) is 0. The van der Waals surface area contributed by atoms with Crippen molar-refractivity contribution in [2.24, 2.45) is 5.73 Å². The van der Waals surface area contributed by atoms with E-state index in [9.17, 15) is 0 Å². The molecule has 2 N–H and O–H groups in total. The van der Waals surface area contributed by atoms with Crippen LogP contribution in [0.25, 0.3) is 0 Å². The predicted molar refractivity (Wildman–Crippen MR) is 92.3 cm³/mol. The summed E-state index contributed by atoms with van der Waals surface area (Å²) < 4.78 is 5.73. The van der Waals surface area contributed by atoms with Crippen molar-refractivity contribution in [1.82, 2.24) is 0 Å². The molecule has 0 atom stereocenters. The first kappa shape index (κ1) is 15.3. The quantitative estimate of drug-likeness (QED) is 0.832. The van der Waals surface area contributed by atoms with Crippen molar-refractivity contribution in [3.63, 3.8) is 0 Å². The van der Waals surface area contributed by atoms with Gasteiger partial charge in [0.1, 0.15) is 17.3 Å². The van der Waals surface area contributed by atoms with Gasteiger partial charge in [0.2, 0.25) is 0 Å². The maximum Gasteiger partial charge on any atom is 0.119 e. The second-order valence-corrected chi connectivity index (χ2v) is 5.43. The van der Waals surface area contributed by atoms with Gasteiger partial charge in [-0.05, 0) is 43.3 Å². The molecular formula is C17H20N2OS. The molecule has 21 heavy (non-hydrogen) atoms. The summed E-state index contributed by atoms with van der Waals surface area (Å²) in [7, 11) is 2.06. The van der Waals surface area contributed by atoms with Gasteiger partial charge in [0, 0.05) is 18.3 Å². The molecule has 0 radical (unpaired) electrons. The van der Waals surface area contributed by atoms with Crippen molar-refractivity contribution >= 4 is 22.9 Å². The van der Waals surface area contributed by atoms with Crippen molar-refractivity contribution in [3.8, 4) is 5.75 Å². The predicted octanol–water partition coefficient (Wildman–Crippen LogP) is 3.14. The number of hydrogen-bond donors (Lipinski definition) is 1. The normalized spacial score (nSPS) is 10.2. The number of nitrogens with zero attached hydrogens (tertiary/aromatic N) is 1. The Morgan fingerprint density at radius 1 is 1.10 bits per heavy atom. The van der Waals surface area contributed by atoms with Gasteiger partial charge < -0.3 is 15.4 Å². The Labute approximate surface area is 131 Å². The van der Waals surface area contributed by atoms with Crippen LogP contribution in [0.4, 0.5) is 5.69 Å². The first-order valence-corrected chi connectivity index (χ1v) is 7.27. The van der Waals surface area contributed by atoms with Gasteiger partial charge >= 0.3 is 0 Å². The Morgan fingerprint density at radius 2 is 1.71 bits per heavy atom. The summed E-state index contributed by atoms with van der Waals surface area (Å²) in [6.45, 7) is 3.53. The molecule has 0 amide bonds. The summed E-state index contributed by atoms with van der Waals surface area (Å²) in [5.74, 6) is 0.826. The number of benzene rings is 2. The minimum absolute atomic E-state index is 0.403. The number of ether oxygens (including phenoxy) is 1. The summed E-state index contributed by atoms with van der Waals surface area (Å²) in [6, 6.07) is 16.0. The molecule has 0 aromatic heterocycles. The molecule has 110 valence electrons. The topological polar surface area (TPSA) is 38.5 Å². The Bertz CT molecular complexity index is 593. The van der Waals surface area contributed by atoms with Crippen LogP contribution in [0.3, 0.4) is 0 Å². The zero-order valence-corrected chi connectivity index (χ0v) is 13.2. The van der Waals surface area contributed by atoms with Gasteiger partial charge in [-0.3, -0.25) is 0 Å². The molecule has 3 nitrogen and oxygen atoms in total.